The molecule has 0 aromatic heterocycles. The molecule has 6 nitrogen and oxygen atoms in total. The van der Waals surface area contributed by atoms with Crippen molar-refractivity contribution in [1.29, 1.82) is 0 Å². The van der Waals surface area contributed by atoms with Gasteiger partial charge in [-0.3, -0.25) is 9.59 Å². The number of nitrogens with one attached hydrogen (secondary N) is 2. The number of hydrogen-bond donors (Lipinski definition) is 3. The quantitative estimate of drug-likeness (QED) is 0.705. The van der Waals surface area contributed by atoms with E-state index in [1.54, 1.807) is 6.07 Å². The van der Waals surface area contributed by atoms with Crippen molar-refractivity contribution in [3.63, 3.8) is 0 Å². The van der Waals surface area contributed by atoms with Crippen molar-refractivity contribution in [2.24, 2.45) is 0 Å². The first-order chi connectivity index (χ1) is 14.1. The van der Waals surface area contributed by atoms with Crippen molar-refractivity contribution < 1.29 is 19.5 Å². The summed E-state index contributed by atoms with van der Waals surface area (Å²) in [6, 6.07) is 11.0. The van der Waals surface area contributed by atoms with Crippen LogP contribution in [0.4, 0.5) is 5.69 Å². The first kappa shape index (κ1) is 21.3. The van der Waals surface area contributed by atoms with Crippen molar-refractivity contribution in [2.45, 2.75) is 46.1 Å². The van der Waals surface area contributed by atoms with Gasteiger partial charge in [0.15, 0.2) is 0 Å². The maximum atomic E-state index is 13.5. The van der Waals surface area contributed by atoms with E-state index in [2.05, 4.69) is 10.6 Å². The lowest BCUT2D eigenvalue weighted by Crippen LogP contribution is -2.55. The number of benzene rings is 2. The van der Waals surface area contributed by atoms with Crippen molar-refractivity contribution in [3.05, 3.63) is 69.8 Å². The summed E-state index contributed by atoms with van der Waals surface area (Å²) in [6.07, 6.45) is 2.29. The number of carboxylic acids is 1. The van der Waals surface area contributed by atoms with Gasteiger partial charge in [0.25, 0.3) is 5.91 Å². The highest BCUT2D eigenvalue weighted by Crippen LogP contribution is 2.32. The molecule has 2 aromatic carbocycles. The molecule has 156 valence electrons. The number of rotatable bonds is 5. The standard InChI is InChI=1S/C24H26N2O4/c1-14(2)11-19-15(3)9-10-20(25-16(4)27)21(19)22(28)26-24(23(29)30)12-17-7-5-6-8-18(17)13-24/h5-11H,12-13H2,1-4H3,(H,25,27)(H,26,28)(H,29,30). The number of aryl methyl sites for hydroxylation is 1. The van der Waals surface area contributed by atoms with Crippen LogP contribution in [0.2, 0.25) is 0 Å². The molecule has 0 heterocycles. The largest absolute Gasteiger partial charge is 0.479 e. The van der Waals surface area contributed by atoms with Gasteiger partial charge in [-0.2, -0.15) is 0 Å². The summed E-state index contributed by atoms with van der Waals surface area (Å²) in [5, 5.41) is 15.5. The van der Waals surface area contributed by atoms with Gasteiger partial charge in [-0.05, 0) is 49.1 Å². The minimum absolute atomic E-state index is 0.212. The zero-order valence-electron chi connectivity index (χ0n) is 17.6. The molecule has 3 rings (SSSR count). The molecular weight excluding hydrogens is 380 g/mol. The zero-order chi connectivity index (χ0) is 22.1. The SMILES string of the molecule is CC(=O)Nc1ccc(C)c(C=C(C)C)c1C(=O)NC1(C(=O)O)Cc2ccccc2C1. The summed E-state index contributed by atoms with van der Waals surface area (Å²) >= 11 is 0. The summed E-state index contributed by atoms with van der Waals surface area (Å²) in [7, 11) is 0. The number of hydrogen-bond acceptors (Lipinski definition) is 3. The van der Waals surface area contributed by atoms with Crippen LogP contribution in [0.15, 0.2) is 42.0 Å². The van der Waals surface area contributed by atoms with Gasteiger partial charge >= 0.3 is 5.97 Å². The first-order valence-electron chi connectivity index (χ1n) is 9.82. The minimum atomic E-state index is -1.43. The number of carbonyl (C=O) groups is 3. The fourth-order valence-corrected chi connectivity index (χ4v) is 3.92. The van der Waals surface area contributed by atoms with Gasteiger partial charge in [0.05, 0.1) is 11.3 Å². The van der Waals surface area contributed by atoms with Gasteiger partial charge < -0.3 is 15.7 Å². The third kappa shape index (κ3) is 4.13. The van der Waals surface area contributed by atoms with Crippen LogP contribution in [0.5, 0.6) is 0 Å². The van der Waals surface area contributed by atoms with Gasteiger partial charge in [0.1, 0.15) is 5.54 Å². The lowest BCUT2D eigenvalue weighted by atomic mass is 9.92. The molecule has 2 amide bonds. The van der Waals surface area contributed by atoms with E-state index in [9.17, 15) is 19.5 Å². The van der Waals surface area contributed by atoms with Crippen LogP contribution in [-0.2, 0) is 22.4 Å². The number of fused-ring (bicyclic) bond motifs is 1. The number of carboxylic acid groups (broad SMARTS) is 1. The van der Waals surface area contributed by atoms with E-state index in [-0.39, 0.29) is 24.3 Å². The van der Waals surface area contributed by atoms with Crippen molar-refractivity contribution in [2.75, 3.05) is 5.32 Å². The number of carbonyl (C=O) groups excluding carboxylic acids is 2. The first-order valence-corrected chi connectivity index (χ1v) is 9.82. The van der Waals surface area contributed by atoms with Crippen LogP contribution >= 0.6 is 0 Å². The van der Waals surface area contributed by atoms with Crippen LogP contribution < -0.4 is 10.6 Å². The summed E-state index contributed by atoms with van der Waals surface area (Å²) in [5.74, 6) is -1.91. The van der Waals surface area contributed by atoms with E-state index >= 15 is 0 Å². The lowest BCUT2D eigenvalue weighted by molar-refractivity contribution is -0.144. The average molecular weight is 406 g/mol. The van der Waals surface area contributed by atoms with Crippen LogP contribution in [0.25, 0.3) is 6.08 Å². The molecule has 0 unspecified atom stereocenters. The molecule has 1 aliphatic rings. The number of amides is 2. The van der Waals surface area contributed by atoms with Gasteiger partial charge in [0, 0.05) is 19.8 Å². The summed E-state index contributed by atoms with van der Waals surface area (Å²) < 4.78 is 0. The van der Waals surface area contributed by atoms with Gasteiger partial charge in [0.2, 0.25) is 5.91 Å². The maximum Gasteiger partial charge on any atom is 0.330 e. The maximum absolute atomic E-state index is 13.5. The smallest absolute Gasteiger partial charge is 0.330 e. The second kappa shape index (κ2) is 8.14. The lowest BCUT2D eigenvalue weighted by Gasteiger charge is -2.27. The Hall–Kier alpha value is -3.41. The molecular formula is C24H26N2O4. The van der Waals surface area contributed by atoms with Gasteiger partial charge in [-0.1, -0.05) is 42.0 Å². The second-order valence-corrected chi connectivity index (χ2v) is 8.09. The molecule has 0 fully saturated rings. The highest BCUT2D eigenvalue weighted by molar-refractivity contribution is 6.08. The van der Waals surface area contributed by atoms with Crippen molar-refractivity contribution in [1.82, 2.24) is 5.32 Å². The Morgan fingerprint density at radius 1 is 1.00 bits per heavy atom. The Balaban J connectivity index is 2.07. The highest BCUT2D eigenvalue weighted by Gasteiger charge is 2.45. The Morgan fingerprint density at radius 2 is 1.60 bits per heavy atom. The van der Waals surface area contributed by atoms with Crippen LogP contribution in [0.3, 0.4) is 0 Å². The number of anilines is 1. The predicted octanol–water partition coefficient (Wildman–Crippen LogP) is 3.73. The Morgan fingerprint density at radius 3 is 2.10 bits per heavy atom. The molecule has 0 saturated carbocycles. The molecule has 0 spiro atoms. The highest BCUT2D eigenvalue weighted by atomic mass is 16.4. The molecule has 0 atom stereocenters. The van der Waals surface area contributed by atoms with Crippen LogP contribution in [-0.4, -0.2) is 28.4 Å². The summed E-state index contributed by atoms with van der Waals surface area (Å²) in [4.78, 5) is 37.4. The molecule has 2 aromatic rings. The number of allylic oxidation sites excluding steroid dienone is 1. The van der Waals surface area contributed by atoms with Crippen molar-refractivity contribution in [3.8, 4) is 0 Å². The minimum Gasteiger partial charge on any atom is -0.479 e. The number of aliphatic carboxylic acids is 1. The third-order valence-corrected chi connectivity index (χ3v) is 5.30. The van der Waals surface area contributed by atoms with E-state index < -0.39 is 17.4 Å². The topological polar surface area (TPSA) is 95.5 Å². The van der Waals surface area contributed by atoms with Gasteiger partial charge in [-0.15, -0.1) is 0 Å². The molecule has 0 saturated heterocycles. The van der Waals surface area contributed by atoms with E-state index in [0.717, 1.165) is 22.3 Å². The van der Waals surface area contributed by atoms with E-state index in [1.165, 1.54) is 6.92 Å². The summed E-state index contributed by atoms with van der Waals surface area (Å²) in [6.45, 7) is 7.08. The molecule has 0 aliphatic heterocycles. The fourth-order valence-electron chi connectivity index (χ4n) is 3.92. The second-order valence-electron chi connectivity index (χ2n) is 8.09. The molecule has 0 bridgehead atoms. The van der Waals surface area contributed by atoms with E-state index in [0.29, 0.717) is 11.3 Å². The summed E-state index contributed by atoms with van der Waals surface area (Å²) in [5.41, 5.74) is 3.52. The Kier molecular flexibility index (Phi) is 5.78. The average Bonchev–Trinajstić information content (AvgIpc) is 3.03. The predicted molar refractivity (Wildman–Crippen MR) is 116 cm³/mol. The molecule has 1 aliphatic carbocycles. The zero-order valence-corrected chi connectivity index (χ0v) is 17.6. The molecule has 3 N–H and O–H groups in total. The Bertz CT molecular complexity index is 1040. The molecule has 6 heteroatoms. The monoisotopic (exact) mass is 406 g/mol. The van der Waals surface area contributed by atoms with E-state index in [1.807, 2.05) is 57.2 Å². The Labute approximate surface area is 176 Å². The van der Waals surface area contributed by atoms with Crippen LogP contribution in [0, 0.1) is 6.92 Å². The van der Waals surface area contributed by atoms with E-state index in [4.69, 9.17) is 0 Å². The normalized spacial score (nSPS) is 13.9. The fraction of sp³-hybridized carbons (Fsp3) is 0.292. The third-order valence-electron chi connectivity index (χ3n) is 5.30. The molecule has 0 radical (unpaired) electrons. The van der Waals surface area contributed by atoms with Crippen molar-refractivity contribution >= 4 is 29.5 Å². The van der Waals surface area contributed by atoms with Crippen LogP contribution in [0.1, 0.15) is 53.4 Å². The molecule has 30 heavy (non-hydrogen) atoms. The van der Waals surface area contributed by atoms with Gasteiger partial charge in [-0.25, -0.2) is 4.79 Å².